The highest BCUT2D eigenvalue weighted by Crippen LogP contribution is 2.35. The normalized spacial score (nSPS) is 12.0. The second-order valence-electron chi connectivity index (χ2n) is 4.71. The summed E-state index contributed by atoms with van der Waals surface area (Å²) in [5.74, 6) is 1.25. The Bertz CT molecular complexity index is 579. The zero-order valence-corrected chi connectivity index (χ0v) is 12.5. The minimum Gasteiger partial charge on any atom is -0.496 e. The third kappa shape index (κ3) is 3.34. The van der Waals surface area contributed by atoms with Crippen LogP contribution in [0.1, 0.15) is 17.2 Å². The van der Waals surface area contributed by atoms with Crippen LogP contribution in [0.15, 0.2) is 42.5 Å². The van der Waals surface area contributed by atoms with Gasteiger partial charge in [0.05, 0.1) is 19.8 Å². The number of hydrogen-bond donors (Lipinski definition) is 1. The fraction of sp³-hybridized carbons (Fsp3) is 0.294. The Morgan fingerprint density at radius 3 is 2.14 bits per heavy atom. The molecule has 21 heavy (non-hydrogen) atoms. The lowest BCUT2D eigenvalue weighted by atomic mass is 9.97. The molecule has 2 aromatic carbocycles. The molecular formula is C17H20FNO2. The van der Waals surface area contributed by atoms with Gasteiger partial charge in [-0.1, -0.05) is 24.3 Å². The second kappa shape index (κ2) is 7.09. The molecule has 0 spiro atoms. The first-order valence-electron chi connectivity index (χ1n) is 6.82. The van der Waals surface area contributed by atoms with Gasteiger partial charge in [0.25, 0.3) is 0 Å². The number of ether oxygens (including phenoxy) is 2. The van der Waals surface area contributed by atoms with Crippen molar-refractivity contribution >= 4 is 0 Å². The van der Waals surface area contributed by atoms with E-state index in [1.807, 2.05) is 31.3 Å². The minimum atomic E-state index is -0.202. The van der Waals surface area contributed by atoms with E-state index in [-0.39, 0.29) is 11.9 Å². The summed E-state index contributed by atoms with van der Waals surface area (Å²) in [5.41, 5.74) is 1.55. The van der Waals surface area contributed by atoms with Crippen LogP contribution >= 0.6 is 0 Å². The molecule has 0 radical (unpaired) electrons. The second-order valence-corrected chi connectivity index (χ2v) is 4.71. The van der Waals surface area contributed by atoms with Crippen molar-refractivity contribution in [2.24, 2.45) is 0 Å². The van der Waals surface area contributed by atoms with Crippen molar-refractivity contribution in [2.75, 3.05) is 21.3 Å². The van der Waals surface area contributed by atoms with E-state index >= 15 is 0 Å². The maximum absolute atomic E-state index is 13.9. The van der Waals surface area contributed by atoms with Gasteiger partial charge in [-0.2, -0.15) is 0 Å². The molecule has 0 saturated carbocycles. The predicted molar refractivity (Wildman–Crippen MR) is 81.5 cm³/mol. The molecule has 3 nitrogen and oxygen atoms in total. The van der Waals surface area contributed by atoms with Gasteiger partial charge in [0, 0.05) is 6.04 Å². The van der Waals surface area contributed by atoms with Crippen LogP contribution in [-0.2, 0) is 6.42 Å². The van der Waals surface area contributed by atoms with Gasteiger partial charge in [-0.15, -0.1) is 0 Å². The maximum atomic E-state index is 13.9. The third-order valence-electron chi connectivity index (χ3n) is 3.54. The fourth-order valence-electron chi connectivity index (χ4n) is 2.46. The number of rotatable bonds is 6. The molecule has 1 unspecified atom stereocenters. The molecule has 0 amide bonds. The zero-order valence-electron chi connectivity index (χ0n) is 12.5. The molecule has 4 heteroatoms. The molecule has 0 aliphatic heterocycles. The van der Waals surface area contributed by atoms with Gasteiger partial charge in [-0.3, -0.25) is 0 Å². The van der Waals surface area contributed by atoms with Gasteiger partial charge in [0.15, 0.2) is 0 Å². The van der Waals surface area contributed by atoms with Crippen LogP contribution in [0.2, 0.25) is 0 Å². The van der Waals surface area contributed by atoms with Crippen LogP contribution in [0.25, 0.3) is 0 Å². The molecule has 0 fully saturated rings. The highest BCUT2D eigenvalue weighted by atomic mass is 19.1. The monoisotopic (exact) mass is 289 g/mol. The standard InChI is InChI=1S/C17H20FNO2/c1-19-14(11-12-7-4-5-8-13(12)18)17-15(20-2)9-6-10-16(17)21-3/h4-10,14,19H,11H2,1-3H3. The van der Waals surface area contributed by atoms with E-state index in [2.05, 4.69) is 5.32 Å². The summed E-state index contributed by atoms with van der Waals surface area (Å²) >= 11 is 0. The highest BCUT2D eigenvalue weighted by Gasteiger charge is 2.21. The molecule has 0 bridgehead atoms. The highest BCUT2D eigenvalue weighted by molar-refractivity contribution is 5.47. The van der Waals surface area contributed by atoms with Crippen molar-refractivity contribution in [3.05, 3.63) is 59.4 Å². The average Bonchev–Trinajstić information content (AvgIpc) is 2.53. The molecule has 0 heterocycles. The van der Waals surface area contributed by atoms with E-state index in [1.165, 1.54) is 6.07 Å². The lowest BCUT2D eigenvalue weighted by Crippen LogP contribution is -2.21. The number of methoxy groups -OCH3 is 2. The van der Waals surface area contributed by atoms with Crippen LogP contribution in [-0.4, -0.2) is 21.3 Å². The van der Waals surface area contributed by atoms with E-state index in [0.29, 0.717) is 12.0 Å². The number of nitrogens with one attached hydrogen (secondary N) is 1. The molecule has 1 N–H and O–H groups in total. The Labute approximate surface area is 124 Å². The van der Waals surface area contributed by atoms with Crippen molar-refractivity contribution in [1.82, 2.24) is 5.32 Å². The summed E-state index contributed by atoms with van der Waals surface area (Å²) in [6.07, 6.45) is 0.514. The van der Waals surface area contributed by atoms with Crippen LogP contribution in [0, 0.1) is 5.82 Å². The molecule has 112 valence electrons. The fourth-order valence-corrected chi connectivity index (χ4v) is 2.46. The summed E-state index contributed by atoms with van der Waals surface area (Å²) in [4.78, 5) is 0. The van der Waals surface area contributed by atoms with E-state index in [4.69, 9.17) is 9.47 Å². The lowest BCUT2D eigenvalue weighted by Gasteiger charge is -2.22. The van der Waals surface area contributed by atoms with E-state index in [1.54, 1.807) is 26.4 Å². The van der Waals surface area contributed by atoms with Crippen molar-refractivity contribution in [1.29, 1.82) is 0 Å². The van der Waals surface area contributed by atoms with E-state index < -0.39 is 0 Å². The van der Waals surface area contributed by atoms with Crippen LogP contribution in [0.5, 0.6) is 11.5 Å². The van der Waals surface area contributed by atoms with Crippen LogP contribution < -0.4 is 14.8 Å². The van der Waals surface area contributed by atoms with Crippen LogP contribution in [0.4, 0.5) is 4.39 Å². The SMILES string of the molecule is CNC(Cc1ccccc1F)c1c(OC)cccc1OC. The quantitative estimate of drug-likeness (QED) is 0.884. The third-order valence-corrected chi connectivity index (χ3v) is 3.54. The summed E-state index contributed by atoms with van der Waals surface area (Å²) in [5, 5.41) is 3.22. The number of benzene rings is 2. The first kappa shape index (κ1) is 15.3. The average molecular weight is 289 g/mol. The smallest absolute Gasteiger partial charge is 0.127 e. The summed E-state index contributed by atoms with van der Waals surface area (Å²) in [6.45, 7) is 0. The van der Waals surface area contributed by atoms with Gasteiger partial charge >= 0.3 is 0 Å². The molecular weight excluding hydrogens is 269 g/mol. The summed E-state index contributed by atoms with van der Waals surface area (Å²) in [7, 11) is 5.08. The summed E-state index contributed by atoms with van der Waals surface area (Å²) < 4.78 is 24.7. The van der Waals surface area contributed by atoms with Gasteiger partial charge in [0.1, 0.15) is 17.3 Å². The summed E-state index contributed by atoms with van der Waals surface area (Å²) in [6, 6.07) is 12.3. The van der Waals surface area contributed by atoms with Crippen molar-refractivity contribution in [2.45, 2.75) is 12.5 Å². The molecule has 0 aliphatic rings. The molecule has 0 saturated heterocycles. The molecule has 1 atom stereocenters. The van der Waals surface area contributed by atoms with Crippen molar-refractivity contribution in [3.63, 3.8) is 0 Å². The Morgan fingerprint density at radius 1 is 1.00 bits per heavy atom. The zero-order chi connectivity index (χ0) is 15.2. The molecule has 0 aliphatic carbocycles. The van der Waals surface area contributed by atoms with Gasteiger partial charge in [-0.25, -0.2) is 4.39 Å². The van der Waals surface area contributed by atoms with Crippen molar-refractivity contribution < 1.29 is 13.9 Å². The van der Waals surface area contributed by atoms with Gasteiger partial charge in [0.2, 0.25) is 0 Å². The topological polar surface area (TPSA) is 30.5 Å². The Balaban J connectivity index is 2.40. The number of hydrogen-bond acceptors (Lipinski definition) is 3. The Kier molecular flexibility index (Phi) is 5.17. The first-order chi connectivity index (χ1) is 10.2. The largest absolute Gasteiger partial charge is 0.496 e. The number of likely N-dealkylation sites (N-methyl/N-ethyl adjacent to an activating group) is 1. The maximum Gasteiger partial charge on any atom is 0.127 e. The Morgan fingerprint density at radius 2 is 1.62 bits per heavy atom. The molecule has 0 aromatic heterocycles. The predicted octanol–water partition coefficient (Wildman–Crippen LogP) is 3.35. The lowest BCUT2D eigenvalue weighted by molar-refractivity contribution is 0.372. The van der Waals surface area contributed by atoms with Crippen molar-refractivity contribution in [3.8, 4) is 11.5 Å². The first-order valence-corrected chi connectivity index (χ1v) is 6.82. The molecule has 2 aromatic rings. The van der Waals surface area contributed by atoms with E-state index in [0.717, 1.165) is 17.1 Å². The van der Waals surface area contributed by atoms with Gasteiger partial charge in [-0.05, 0) is 37.2 Å². The Hall–Kier alpha value is -2.07. The van der Waals surface area contributed by atoms with Gasteiger partial charge < -0.3 is 14.8 Å². The van der Waals surface area contributed by atoms with E-state index in [9.17, 15) is 4.39 Å². The minimum absolute atomic E-state index is 0.104. The molecule has 2 rings (SSSR count). The number of halogens is 1. The van der Waals surface area contributed by atoms with Crippen LogP contribution in [0.3, 0.4) is 0 Å².